The fraction of sp³-hybridized carbons (Fsp3) is 0.348. The third kappa shape index (κ3) is 4.30. The number of esters is 1. The highest BCUT2D eigenvalue weighted by Gasteiger charge is 2.23. The molecule has 0 saturated carbocycles. The number of hydrogen-bond acceptors (Lipinski definition) is 5. The van der Waals surface area contributed by atoms with Crippen LogP contribution in [0.5, 0.6) is 0 Å². The lowest BCUT2D eigenvalue weighted by Gasteiger charge is -2.24. The second-order valence-corrected chi connectivity index (χ2v) is 7.21. The smallest absolute Gasteiger partial charge is 0.339 e. The largest absolute Gasteiger partial charge is 0.462 e. The predicted octanol–water partition coefficient (Wildman–Crippen LogP) is 4.12. The van der Waals surface area contributed by atoms with E-state index in [9.17, 15) is 9.59 Å². The molecule has 7 heteroatoms. The average Bonchev–Trinajstić information content (AvgIpc) is 3.19. The molecule has 0 fully saturated rings. The van der Waals surface area contributed by atoms with Gasteiger partial charge in [0, 0.05) is 22.6 Å². The summed E-state index contributed by atoms with van der Waals surface area (Å²) in [6.07, 6.45) is 0. The first-order valence-corrected chi connectivity index (χ1v) is 9.94. The summed E-state index contributed by atoms with van der Waals surface area (Å²) in [6.45, 7) is 9.95. The zero-order valence-corrected chi connectivity index (χ0v) is 18.1. The van der Waals surface area contributed by atoms with Crippen molar-refractivity contribution in [1.29, 1.82) is 0 Å². The molecule has 3 aromatic rings. The van der Waals surface area contributed by atoms with Gasteiger partial charge in [0.25, 0.3) is 0 Å². The van der Waals surface area contributed by atoms with Crippen molar-refractivity contribution in [1.82, 2.24) is 9.72 Å². The van der Waals surface area contributed by atoms with Crippen molar-refractivity contribution >= 4 is 17.6 Å². The third-order valence-corrected chi connectivity index (χ3v) is 5.23. The minimum atomic E-state index is -0.375. The molecule has 0 atom stereocenters. The molecular weight excluding hydrogens is 382 g/mol. The second kappa shape index (κ2) is 8.98. The van der Waals surface area contributed by atoms with Gasteiger partial charge in [-0.05, 0) is 52.8 Å². The zero-order chi connectivity index (χ0) is 21.8. The Morgan fingerprint density at radius 1 is 1.13 bits per heavy atom. The van der Waals surface area contributed by atoms with E-state index in [4.69, 9.17) is 9.26 Å². The van der Waals surface area contributed by atoms with Gasteiger partial charge >= 0.3 is 5.97 Å². The number of carbonyl (C=O) groups is 2. The Bertz CT molecular complexity index is 1030. The molecule has 0 aliphatic rings. The van der Waals surface area contributed by atoms with Gasteiger partial charge in [-0.25, -0.2) is 4.79 Å². The molecule has 0 aliphatic heterocycles. The van der Waals surface area contributed by atoms with Crippen molar-refractivity contribution in [3.63, 3.8) is 0 Å². The number of aryl methyl sites for hydroxylation is 3. The maximum atomic E-state index is 13.4. The molecule has 0 unspecified atom stereocenters. The Labute approximate surface area is 176 Å². The van der Waals surface area contributed by atoms with Gasteiger partial charge in [0.1, 0.15) is 12.3 Å². The Hall–Kier alpha value is -3.35. The third-order valence-electron chi connectivity index (χ3n) is 5.23. The minimum Gasteiger partial charge on any atom is -0.462 e. The van der Waals surface area contributed by atoms with Crippen LogP contribution in [0.25, 0.3) is 0 Å². The molecule has 0 radical (unpaired) electrons. The fourth-order valence-electron chi connectivity index (χ4n) is 3.50. The molecule has 0 spiro atoms. The Balaban J connectivity index is 1.92. The summed E-state index contributed by atoms with van der Waals surface area (Å²) in [6, 6.07) is 11.3. The molecule has 0 saturated heterocycles. The van der Waals surface area contributed by atoms with Crippen LogP contribution in [0.1, 0.15) is 45.7 Å². The number of benzene rings is 1. The molecule has 1 aromatic carbocycles. The van der Waals surface area contributed by atoms with Gasteiger partial charge in [-0.1, -0.05) is 23.4 Å². The van der Waals surface area contributed by atoms with E-state index in [-0.39, 0.29) is 18.4 Å². The monoisotopic (exact) mass is 409 g/mol. The van der Waals surface area contributed by atoms with Gasteiger partial charge < -0.3 is 18.7 Å². The van der Waals surface area contributed by atoms with E-state index in [0.29, 0.717) is 30.2 Å². The number of nitrogens with zero attached hydrogens (tertiary/aromatic N) is 3. The van der Waals surface area contributed by atoms with E-state index in [2.05, 4.69) is 5.16 Å². The summed E-state index contributed by atoms with van der Waals surface area (Å²) in [4.78, 5) is 27.3. The highest BCUT2D eigenvalue weighted by atomic mass is 16.5. The van der Waals surface area contributed by atoms with E-state index in [1.165, 1.54) is 0 Å². The molecule has 158 valence electrons. The first-order chi connectivity index (χ1) is 14.3. The molecule has 30 heavy (non-hydrogen) atoms. The summed E-state index contributed by atoms with van der Waals surface area (Å²) in [5, 5.41) is 4.01. The number of carbonyl (C=O) groups excluding carboxylic acids is 2. The highest BCUT2D eigenvalue weighted by Crippen LogP contribution is 2.23. The molecule has 0 N–H and O–H groups in total. The maximum absolute atomic E-state index is 13.4. The van der Waals surface area contributed by atoms with Crippen molar-refractivity contribution in [2.75, 3.05) is 11.5 Å². The van der Waals surface area contributed by atoms with E-state index >= 15 is 0 Å². The molecule has 3 rings (SSSR count). The van der Waals surface area contributed by atoms with E-state index in [1.54, 1.807) is 17.9 Å². The number of amides is 1. The van der Waals surface area contributed by atoms with Crippen molar-refractivity contribution < 1.29 is 18.8 Å². The number of ether oxygens (including phenoxy) is 1. The van der Waals surface area contributed by atoms with Crippen molar-refractivity contribution in [2.24, 2.45) is 0 Å². The van der Waals surface area contributed by atoms with Crippen molar-refractivity contribution in [3.8, 4) is 0 Å². The van der Waals surface area contributed by atoms with Crippen molar-refractivity contribution in [2.45, 2.75) is 47.7 Å². The standard InChI is InChI=1S/C23H27N3O4/c1-6-29-23(28)20-12-15(2)25(17(20)4)14-22(27)26(19-10-8-7-9-11-19)13-21-16(3)24-30-18(21)5/h7-12H,6,13-14H2,1-5H3. The summed E-state index contributed by atoms with van der Waals surface area (Å²) in [5.74, 6) is 0.220. The van der Waals surface area contributed by atoms with Gasteiger partial charge in [-0.15, -0.1) is 0 Å². The predicted molar refractivity (Wildman–Crippen MR) is 113 cm³/mol. The quantitative estimate of drug-likeness (QED) is 0.549. The molecule has 2 aromatic heterocycles. The van der Waals surface area contributed by atoms with Gasteiger partial charge in [0.05, 0.1) is 24.4 Å². The SMILES string of the molecule is CCOC(=O)c1cc(C)n(CC(=O)N(Cc2c(C)noc2C)c2ccccc2)c1C. The van der Waals surface area contributed by atoms with Gasteiger partial charge in [-0.2, -0.15) is 0 Å². The fourth-order valence-corrected chi connectivity index (χ4v) is 3.50. The number of hydrogen-bond donors (Lipinski definition) is 0. The Kier molecular flexibility index (Phi) is 6.40. The number of para-hydroxylation sites is 1. The van der Waals surface area contributed by atoms with Crippen LogP contribution >= 0.6 is 0 Å². The Morgan fingerprint density at radius 3 is 2.43 bits per heavy atom. The number of rotatable bonds is 7. The normalized spacial score (nSPS) is 10.8. The zero-order valence-electron chi connectivity index (χ0n) is 18.1. The summed E-state index contributed by atoms with van der Waals surface area (Å²) < 4.78 is 12.3. The van der Waals surface area contributed by atoms with Gasteiger partial charge in [-0.3, -0.25) is 4.79 Å². The number of anilines is 1. The molecule has 1 amide bonds. The van der Waals surface area contributed by atoms with Gasteiger partial charge in [0.2, 0.25) is 5.91 Å². The highest BCUT2D eigenvalue weighted by molar-refractivity contribution is 5.94. The molecule has 7 nitrogen and oxygen atoms in total. The van der Waals surface area contributed by atoms with E-state index < -0.39 is 0 Å². The minimum absolute atomic E-state index is 0.0987. The molecule has 2 heterocycles. The lowest BCUT2D eigenvalue weighted by molar-refractivity contribution is -0.119. The second-order valence-electron chi connectivity index (χ2n) is 7.21. The van der Waals surface area contributed by atoms with Crippen LogP contribution in [0.2, 0.25) is 0 Å². The molecule has 0 bridgehead atoms. The van der Waals surface area contributed by atoms with E-state index in [1.807, 2.05) is 62.6 Å². The first-order valence-electron chi connectivity index (χ1n) is 9.94. The van der Waals surface area contributed by atoms with Crippen LogP contribution in [0.4, 0.5) is 5.69 Å². The lowest BCUT2D eigenvalue weighted by atomic mass is 10.1. The van der Waals surface area contributed by atoms with Gasteiger partial charge in [0.15, 0.2) is 0 Å². The number of aromatic nitrogens is 2. The molecular formula is C23H27N3O4. The van der Waals surface area contributed by atoms with Crippen LogP contribution in [0, 0.1) is 27.7 Å². The molecule has 0 aliphatic carbocycles. The van der Waals surface area contributed by atoms with Crippen LogP contribution < -0.4 is 4.90 Å². The topological polar surface area (TPSA) is 77.6 Å². The van der Waals surface area contributed by atoms with Crippen LogP contribution in [-0.4, -0.2) is 28.2 Å². The maximum Gasteiger partial charge on any atom is 0.339 e. The van der Waals surface area contributed by atoms with E-state index in [0.717, 1.165) is 22.6 Å². The van der Waals surface area contributed by atoms with Crippen LogP contribution in [0.15, 0.2) is 40.9 Å². The van der Waals surface area contributed by atoms with Crippen LogP contribution in [-0.2, 0) is 22.6 Å². The summed E-state index contributed by atoms with van der Waals surface area (Å²) in [5.41, 5.74) is 4.47. The summed E-state index contributed by atoms with van der Waals surface area (Å²) >= 11 is 0. The first kappa shape index (κ1) is 21.4. The van der Waals surface area contributed by atoms with Crippen LogP contribution in [0.3, 0.4) is 0 Å². The van der Waals surface area contributed by atoms with Crippen molar-refractivity contribution in [3.05, 3.63) is 70.4 Å². The Morgan fingerprint density at radius 2 is 1.83 bits per heavy atom. The average molecular weight is 409 g/mol. The summed E-state index contributed by atoms with van der Waals surface area (Å²) in [7, 11) is 0. The lowest BCUT2D eigenvalue weighted by Crippen LogP contribution is -2.34.